The highest BCUT2D eigenvalue weighted by Gasteiger charge is 2.25. The normalized spacial score (nSPS) is 14.7. The number of hydrogen-bond acceptors (Lipinski definition) is 3. The van der Waals surface area contributed by atoms with E-state index in [4.69, 9.17) is 4.74 Å². The third-order valence-corrected chi connectivity index (χ3v) is 3.13. The fraction of sp³-hybridized carbons (Fsp3) is 0.429. The molecule has 0 heterocycles. The first-order valence-corrected chi connectivity index (χ1v) is 6.23. The van der Waals surface area contributed by atoms with Gasteiger partial charge in [0.05, 0.1) is 0 Å². The molecule has 0 spiro atoms. The van der Waals surface area contributed by atoms with Crippen molar-refractivity contribution in [3.05, 3.63) is 35.9 Å². The Balaban J connectivity index is 1.64. The minimum Gasteiger partial charge on any atom is -0.460 e. The zero-order chi connectivity index (χ0) is 12.8. The Morgan fingerprint density at radius 1 is 1.22 bits per heavy atom. The zero-order valence-corrected chi connectivity index (χ0v) is 10.2. The molecule has 0 unspecified atom stereocenters. The van der Waals surface area contributed by atoms with Gasteiger partial charge in [0.1, 0.15) is 13.2 Å². The average Bonchev–Trinajstić information content (AvgIpc) is 2.33. The monoisotopic (exact) mass is 247 g/mol. The lowest BCUT2D eigenvalue weighted by Crippen LogP contribution is -2.37. The Morgan fingerprint density at radius 3 is 2.56 bits per heavy atom. The first-order valence-electron chi connectivity index (χ1n) is 6.23. The van der Waals surface area contributed by atoms with Crippen LogP contribution in [0.3, 0.4) is 0 Å². The van der Waals surface area contributed by atoms with Gasteiger partial charge in [-0.25, -0.2) is 0 Å². The summed E-state index contributed by atoms with van der Waals surface area (Å²) in [6.07, 6.45) is 2.98. The lowest BCUT2D eigenvalue weighted by atomic mass is 9.85. The molecule has 0 atom stereocenters. The summed E-state index contributed by atoms with van der Waals surface area (Å²) in [7, 11) is 0. The summed E-state index contributed by atoms with van der Waals surface area (Å²) in [5.74, 6) is -0.323. The molecule has 1 aliphatic carbocycles. The van der Waals surface area contributed by atoms with E-state index in [0.29, 0.717) is 0 Å². The fourth-order valence-corrected chi connectivity index (χ4v) is 1.76. The highest BCUT2D eigenvalue weighted by atomic mass is 16.5. The molecule has 1 aromatic rings. The highest BCUT2D eigenvalue weighted by molar-refractivity contribution is 5.83. The second kappa shape index (κ2) is 6.19. The van der Waals surface area contributed by atoms with E-state index in [0.717, 1.165) is 24.8 Å². The summed E-state index contributed by atoms with van der Waals surface area (Å²) in [6, 6.07) is 9.47. The smallest absolute Gasteiger partial charge is 0.325 e. The number of ether oxygens (including phenoxy) is 1. The SMILES string of the molecule is O=C(CNC(=O)C1CCC1)OCc1ccccc1. The van der Waals surface area contributed by atoms with Gasteiger partial charge < -0.3 is 10.1 Å². The van der Waals surface area contributed by atoms with Crippen LogP contribution in [0.5, 0.6) is 0 Å². The van der Waals surface area contributed by atoms with Crippen LogP contribution in [0.4, 0.5) is 0 Å². The summed E-state index contributed by atoms with van der Waals surface area (Å²) in [5.41, 5.74) is 0.941. The lowest BCUT2D eigenvalue weighted by molar-refractivity contribution is -0.145. The average molecular weight is 247 g/mol. The molecule has 0 bridgehead atoms. The van der Waals surface area contributed by atoms with Gasteiger partial charge in [0.2, 0.25) is 5.91 Å². The van der Waals surface area contributed by atoms with Crippen molar-refractivity contribution >= 4 is 11.9 Å². The van der Waals surface area contributed by atoms with Crippen molar-refractivity contribution in [2.24, 2.45) is 5.92 Å². The molecule has 1 aromatic carbocycles. The molecule has 4 heteroatoms. The largest absolute Gasteiger partial charge is 0.460 e. The van der Waals surface area contributed by atoms with E-state index >= 15 is 0 Å². The van der Waals surface area contributed by atoms with E-state index in [2.05, 4.69) is 5.32 Å². The minimum atomic E-state index is -0.397. The number of carbonyl (C=O) groups excluding carboxylic acids is 2. The topological polar surface area (TPSA) is 55.4 Å². The van der Waals surface area contributed by atoms with Gasteiger partial charge >= 0.3 is 5.97 Å². The molecule has 2 rings (SSSR count). The molecule has 96 valence electrons. The Morgan fingerprint density at radius 2 is 1.94 bits per heavy atom. The van der Waals surface area contributed by atoms with Crippen LogP contribution in [0.2, 0.25) is 0 Å². The van der Waals surface area contributed by atoms with Crippen LogP contribution in [0.1, 0.15) is 24.8 Å². The van der Waals surface area contributed by atoms with Crippen molar-refractivity contribution < 1.29 is 14.3 Å². The van der Waals surface area contributed by atoms with E-state index in [9.17, 15) is 9.59 Å². The standard InChI is InChI=1S/C14H17NO3/c16-13(9-15-14(17)12-7-4-8-12)18-10-11-5-2-1-3-6-11/h1-3,5-6,12H,4,7-10H2,(H,15,17). The van der Waals surface area contributed by atoms with Crippen LogP contribution in [-0.4, -0.2) is 18.4 Å². The van der Waals surface area contributed by atoms with E-state index in [-0.39, 0.29) is 25.0 Å². The lowest BCUT2D eigenvalue weighted by Gasteiger charge is -2.23. The first-order chi connectivity index (χ1) is 8.75. The molecular weight excluding hydrogens is 230 g/mol. The maximum absolute atomic E-state index is 11.5. The number of esters is 1. The summed E-state index contributed by atoms with van der Waals surface area (Å²) in [4.78, 5) is 22.9. The number of carbonyl (C=O) groups is 2. The van der Waals surface area contributed by atoms with Crippen LogP contribution in [0.15, 0.2) is 30.3 Å². The van der Waals surface area contributed by atoms with E-state index in [1.807, 2.05) is 30.3 Å². The number of rotatable bonds is 5. The van der Waals surface area contributed by atoms with Crippen molar-refractivity contribution in [2.45, 2.75) is 25.9 Å². The van der Waals surface area contributed by atoms with Crippen LogP contribution in [-0.2, 0) is 20.9 Å². The minimum absolute atomic E-state index is 0.0297. The van der Waals surface area contributed by atoms with E-state index < -0.39 is 5.97 Å². The Labute approximate surface area is 106 Å². The molecule has 1 N–H and O–H groups in total. The maximum Gasteiger partial charge on any atom is 0.325 e. The highest BCUT2D eigenvalue weighted by Crippen LogP contribution is 2.25. The molecule has 1 fully saturated rings. The number of amides is 1. The second-order valence-corrected chi connectivity index (χ2v) is 4.49. The third-order valence-electron chi connectivity index (χ3n) is 3.13. The van der Waals surface area contributed by atoms with Gasteiger partial charge in [-0.05, 0) is 18.4 Å². The number of hydrogen-bond donors (Lipinski definition) is 1. The molecule has 1 amide bonds. The van der Waals surface area contributed by atoms with E-state index in [1.54, 1.807) is 0 Å². The summed E-state index contributed by atoms with van der Waals surface area (Å²) >= 11 is 0. The van der Waals surface area contributed by atoms with Crippen molar-refractivity contribution in [1.29, 1.82) is 0 Å². The predicted octanol–water partition coefficient (Wildman–Crippen LogP) is 1.65. The van der Waals surface area contributed by atoms with Crippen LogP contribution in [0, 0.1) is 5.92 Å². The molecule has 0 aromatic heterocycles. The van der Waals surface area contributed by atoms with Gasteiger partial charge in [0.25, 0.3) is 0 Å². The molecule has 1 aliphatic rings. The van der Waals surface area contributed by atoms with Gasteiger partial charge in [0.15, 0.2) is 0 Å². The molecule has 18 heavy (non-hydrogen) atoms. The Bertz CT molecular complexity index is 412. The van der Waals surface area contributed by atoms with Crippen LogP contribution >= 0.6 is 0 Å². The predicted molar refractivity (Wildman–Crippen MR) is 66.6 cm³/mol. The Kier molecular flexibility index (Phi) is 4.34. The Hall–Kier alpha value is -1.84. The molecule has 0 saturated heterocycles. The van der Waals surface area contributed by atoms with Crippen LogP contribution in [0.25, 0.3) is 0 Å². The molecule has 4 nitrogen and oxygen atoms in total. The molecule has 0 aliphatic heterocycles. The molecule has 0 radical (unpaired) electrons. The van der Waals surface area contributed by atoms with Gasteiger partial charge in [-0.1, -0.05) is 36.8 Å². The first kappa shape index (κ1) is 12.6. The number of nitrogens with one attached hydrogen (secondary N) is 1. The van der Waals surface area contributed by atoms with Gasteiger partial charge in [-0.15, -0.1) is 0 Å². The second-order valence-electron chi connectivity index (χ2n) is 4.49. The molecular formula is C14H17NO3. The van der Waals surface area contributed by atoms with Crippen molar-refractivity contribution in [1.82, 2.24) is 5.32 Å². The van der Waals surface area contributed by atoms with Crippen molar-refractivity contribution in [3.63, 3.8) is 0 Å². The van der Waals surface area contributed by atoms with Gasteiger partial charge in [-0.2, -0.15) is 0 Å². The van der Waals surface area contributed by atoms with Crippen molar-refractivity contribution in [3.8, 4) is 0 Å². The number of benzene rings is 1. The summed E-state index contributed by atoms with van der Waals surface area (Å²) in [6.45, 7) is 0.209. The summed E-state index contributed by atoms with van der Waals surface area (Å²) < 4.78 is 5.06. The van der Waals surface area contributed by atoms with Crippen LogP contribution < -0.4 is 5.32 Å². The third kappa shape index (κ3) is 3.58. The summed E-state index contributed by atoms with van der Waals surface area (Å²) in [5, 5.41) is 2.61. The van der Waals surface area contributed by atoms with Gasteiger partial charge in [0, 0.05) is 5.92 Å². The molecule has 1 saturated carbocycles. The fourth-order valence-electron chi connectivity index (χ4n) is 1.76. The van der Waals surface area contributed by atoms with Gasteiger partial charge in [-0.3, -0.25) is 9.59 Å². The quantitative estimate of drug-likeness (QED) is 0.805. The van der Waals surface area contributed by atoms with E-state index in [1.165, 1.54) is 0 Å². The van der Waals surface area contributed by atoms with Crippen molar-refractivity contribution in [2.75, 3.05) is 6.54 Å². The maximum atomic E-state index is 11.5. The zero-order valence-electron chi connectivity index (χ0n) is 10.2.